The van der Waals surface area contributed by atoms with E-state index in [-0.39, 0.29) is 24.3 Å². The first-order chi connectivity index (χ1) is 9.97. The fourth-order valence-electron chi connectivity index (χ4n) is 2.50. The van der Waals surface area contributed by atoms with Crippen LogP contribution in [0.3, 0.4) is 0 Å². The average Bonchev–Trinajstić information content (AvgIpc) is 2.90. The number of rotatable bonds is 2. The summed E-state index contributed by atoms with van der Waals surface area (Å²) < 4.78 is 0. The minimum atomic E-state index is -0.252. The number of carbonyl (C=O) groups is 2. The molecule has 1 aromatic heterocycles. The van der Waals surface area contributed by atoms with Crippen LogP contribution >= 0.6 is 11.3 Å². The topological polar surface area (TPSA) is 63.4 Å². The van der Waals surface area contributed by atoms with Crippen LogP contribution in [-0.2, 0) is 11.2 Å². The van der Waals surface area contributed by atoms with Crippen LogP contribution in [-0.4, -0.2) is 23.8 Å². The zero-order valence-corrected chi connectivity index (χ0v) is 12.7. The molecule has 0 saturated carbocycles. The van der Waals surface area contributed by atoms with Gasteiger partial charge in [0, 0.05) is 22.4 Å². The molecule has 0 fully saturated rings. The number of hydrogen-bond donors (Lipinski definition) is 1. The molecule has 1 aromatic carbocycles. The highest BCUT2D eigenvalue weighted by Gasteiger charge is 2.28. The van der Waals surface area contributed by atoms with Gasteiger partial charge in [-0.2, -0.15) is 0 Å². The van der Waals surface area contributed by atoms with E-state index >= 15 is 0 Å². The molecule has 2 N–H and O–H groups in total. The van der Waals surface area contributed by atoms with Crippen molar-refractivity contribution in [2.45, 2.75) is 19.4 Å². The molecule has 1 aliphatic heterocycles. The lowest BCUT2D eigenvalue weighted by atomic mass is 9.94. The molecule has 4 nitrogen and oxygen atoms in total. The van der Waals surface area contributed by atoms with Crippen LogP contribution in [0.1, 0.15) is 37.3 Å². The summed E-state index contributed by atoms with van der Waals surface area (Å²) in [5, 5.41) is 0. The Labute approximate surface area is 127 Å². The van der Waals surface area contributed by atoms with E-state index in [1.54, 1.807) is 11.3 Å². The summed E-state index contributed by atoms with van der Waals surface area (Å²) >= 11 is 1.66. The number of likely N-dealkylation sites (N-methyl/N-ethyl adjacent to an activating group) is 1. The molecular weight excluding hydrogens is 284 g/mol. The lowest BCUT2D eigenvalue weighted by Crippen LogP contribution is -2.39. The minimum absolute atomic E-state index is 0.168. The normalized spacial score (nSPS) is 16.0. The van der Waals surface area contributed by atoms with Crippen molar-refractivity contribution in [1.82, 2.24) is 4.90 Å². The van der Waals surface area contributed by atoms with Gasteiger partial charge in [0.05, 0.1) is 12.5 Å². The highest BCUT2D eigenvalue weighted by atomic mass is 32.1. The second-order valence-corrected chi connectivity index (χ2v) is 6.60. The summed E-state index contributed by atoms with van der Waals surface area (Å²) in [6, 6.07) is 9.38. The molecule has 1 unspecified atom stereocenters. The van der Waals surface area contributed by atoms with Crippen molar-refractivity contribution in [3.63, 3.8) is 0 Å². The molecule has 0 bridgehead atoms. The van der Waals surface area contributed by atoms with Crippen LogP contribution in [0, 0.1) is 6.92 Å². The smallest absolute Gasteiger partial charge is 0.260 e. The van der Waals surface area contributed by atoms with Crippen molar-refractivity contribution in [3.8, 4) is 0 Å². The van der Waals surface area contributed by atoms with Gasteiger partial charge in [-0.1, -0.05) is 12.1 Å². The summed E-state index contributed by atoms with van der Waals surface area (Å²) in [5.41, 5.74) is 8.54. The van der Waals surface area contributed by atoms with Crippen molar-refractivity contribution < 1.29 is 9.59 Å². The molecule has 2 amide bonds. The second-order valence-electron chi connectivity index (χ2n) is 5.28. The molecule has 2 heterocycles. The zero-order chi connectivity index (χ0) is 15.1. The maximum absolute atomic E-state index is 12.2. The Kier molecular flexibility index (Phi) is 3.39. The molecule has 21 heavy (non-hydrogen) atoms. The number of aryl methyl sites for hydroxylation is 1. The van der Waals surface area contributed by atoms with E-state index in [0.29, 0.717) is 5.56 Å². The number of nitrogens with zero attached hydrogens (tertiary/aromatic N) is 1. The number of nitrogens with two attached hydrogens (primary N) is 1. The van der Waals surface area contributed by atoms with Gasteiger partial charge in [-0.05, 0) is 36.2 Å². The first-order valence-electron chi connectivity index (χ1n) is 6.73. The summed E-state index contributed by atoms with van der Waals surface area (Å²) in [4.78, 5) is 27.4. The van der Waals surface area contributed by atoms with Gasteiger partial charge in [0.1, 0.15) is 0 Å². The van der Waals surface area contributed by atoms with E-state index in [4.69, 9.17) is 5.73 Å². The van der Waals surface area contributed by atoms with Crippen molar-refractivity contribution >= 4 is 23.2 Å². The van der Waals surface area contributed by atoms with Crippen molar-refractivity contribution in [3.05, 3.63) is 56.8 Å². The van der Waals surface area contributed by atoms with Crippen molar-refractivity contribution in [2.24, 2.45) is 5.73 Å². The molecule has 0 saturated heterocycles. The highest BCUT2D eigenvalue weighted by molar-refractivity contribution is 7.12. The Bertz CT molecular complexity index is 736. The van der Waals surface area contributed by atoms with Crippen LogP contribution in [0.5, 0.6) is 0 Å². The monoisotopic (exact) mass is 300 g/mol. The number of carbonyl (C=O) groups excluding carboxylic acids is 2. The molecule has 1 aliphatic rings. The van der Waals surface area contributed by atoms with E-state index in [1.165, 1.54) is 16.8 Å². The molecule has 0 radical (unpaired) electrons. The largest absolute Gasteiger partial charge is 0.320 e. The Morgan fingerprint density at radius 3 is 2.67 bits per heavy atom. The zero-order valence-electron chi connectivity index (χ0n) is 11.9. The SMILES string of the molecule is Cc1ccc(C(N)c2ccc3c(c2)C(=O)N(C)C(=O)C3)s1. The van der Waals surface area contributed by atoms with Gasteiger partial charge in [0.15, 0.2) is 0 Å². The third-order valence-electron chi connectivity index (χ3n) is 3.81. The quantitative estimate of drug-likeness (QED) is 0.865. The second kappa shape index (κ2) is 5.09. The van der Waals surface area contributed by atoms with E-state index in [9.17, 15) is 9.59 Å². The van der Waals surface area contributed by atoms with Crippen LogP contribution in [0.2, 0.25) is 0 Å². The van der Waals surface area contributed by atoms with Crippen molar-refractivity contribution in [1.29, 1.82) is 0 Å². The Morgan fingerprint density at radius 2 is 2.00 bits per heavy atom. The number of thiophene rings is 1. The predicted molar refractivity (Wildman–Crippen MR) is 82.3 cm³/mol. The number of amides is 2. The molecule has 3 rings (SSSR count). The molecule has 1 atom stereocenters. The minimum Gasteiger partial charge on any atom is -0.320 e. The number of benzene rings is 1. The number of hydrogen-bond acceptors (Lipinski definition) is 4. The Hall–Kier alpha value is -1.98. The summed E-state index contributed by atoms with van der Waals surface area (Å²) in [5.74, 6) is -0.420. The van der Waals surface area contributed by atoms with Gasteiger partial charge < -0.3 is 5.73 Å². The van der Waals surface area contributed by atoms with Gasteiger partial charge in [0.2, 0.25) is 5.91 Å². The summed E-state index contributed by atoms with van der Waals surface area (Å²) in [6.45, 7) is 2.04. The molecular formula is C16H16N2O2S. The highest BCUT2D eigenvalue weighted by Crippen LogP contribution is 2.29. The molecule has 0 spiro atoms. The third-order valence-corrected chi connectivity index (χ3v) is 4.90. The number of fused-ring (bicyclic) bond motifs is 1. The third kappa shape index (κ3) is 2.39. The number of imide groups is 1. The average molecular weight is 300 g/mol. The van der Waals surface area contributed by atoms with Gasteiger partial charge >= 0.3 is 0 Å². The van der Waals surface area contributed by atoms with Gasteiger partial charge in [0.25, 0.3) is 5.91 Å². The molecule has 2 aromatic rings. The molecule has 0 aliphatic carbocycles. The van der Waals surface area contributed by atoms with Crippen LogP contribution in [0.15, 0.2) is 30.3 Å². The van der Waals surface area contributed by atoms with Crippen LogP contribution in [0.25, 0.3) is 0 Å². The lowest BCUT2D eigenvalue weighted by molar-refractivity contribution is -0.127. The standard InChI is InChI=1S/C16H16N2O2S/c1-9-3-6-13(21-9)15(17)11-5-4-10-8-14(19)18(2)16(20)12(10)7-11/h3-7,15H,8,17H2,1-2H3. The fourth-order valence-corrected chi connectivity index (χ4v) is 3.41. The van der Waals surface area contributed by atoms with E-state index in [0.717, 1.165) is 16.0 Å². The Balaban J connectivity index is 2.00. The van der Waals surface area contributed by atoms with E-state index < -0.39 is 0 Å². The molecule has 5 heteroatoms. The van der Waals surface area contributed by atoms with Crippen LogP contribution < -0.4 is 5.73 Å². The fraction of sp³-hybridized carbons (Fsp3) is 0.250. The first-order valence-corrected chi connectivity index (χ1v) is 7.54. The van der Waals surface area contributed by atoms with E-state index in [2.05, 4.69) is 0 Å². The maximum Gasteiger partial charge on any atom is 0.260 e. The van der Waals surface area contributed by atoms with E-state index in [1.807, 2.05) is 37.3 Å². The summed E-state index contributed by atoms with van der Waals surface area (Å²) in [7, 11) is 1.52. The predicted octanol–water partition coefficient (Wildman–Crippen LogP) is 2.26. The Morgan fingerprint density at radius 1 is 1.24 bits per heavy atom. The first kappa shape index (κ1) is 14.0. The molecule has 108 valence electrons. The van der Waals surface area contributed by atoms with Gasteiger partial charge in [-0.15, -0.1) is 11.3 Å². The maximum atomic E-state index is 12.2. The van der Waals surface area contributed by atoms with Gasteiger partial charge in [-0.3, -0.25) is 14.5 Å². The lowest BCUT2D eigenvalue weighted by Gasteiger charge is -2.24. The van der Waals surface area contributed by atoms with Crippen molar-refractivity contribution in [2.75, 3.05) is 7.05 Å². The van der Waals surface area contributed by atoms with Gasteiger partial charge in [-0.25, -0.2) is 0 Å². The van der Waals surface area contributed by atoms with Crippen LogP contribution in [0.4, 0.5) is 0 Å². The summed E-state index contributed by atoms with van der Waals surface area (Å²) in [6.07, 6.45) is 0.269.